The lowest BCUT2D eigenvalue weighted by Crippen LogP contribution is -2.45. The maximum Gasteiger partial charge on any atom is 0.305 e. The van der Waals surface area contributed by atoms with Gasteiger partial charge in [0.1, 0.15) is 0 Å². The zero-order valence-electron chi connectivity index (χ0n) is 59.3. The van der Waals surface area contributed by atoms with Crippen molar-refractivity contribution >= 4 is 11.9 Å². The summed E-state index contributed by atoms with van der Waals surface area (Å²) in [6.45, 7) is 5.01. The summed E-state index contributed by atoms with van der Waals surface area (Å²) in [7, 11) is 0. The number of amides is 1. The number of unbranched alkanes of at least 4 members (excludes halogenated alkanes) is 61. The SMILES string of the molecule is CCCCCCCCCCCCCCCCCCCCCCC(O)C(CO)NC(=O)CCCCCCCCCCCCCCCCCCC/C=C\C/C=C\CCCCCCCCCCCOC(=O)CCCCCCCCCCCCCCCCCCC. The zero-order valence-corrected chi connectivity index (χ0v) is 59.3. The Morgan fingerprint density at radius 3 is 0.874 bits per heavy atom. The number of rotatable bonds is 76. The van der Waals surface area contributed by atoms with Gasteiger partial charge >= 0.3 is 5.97 Å². The average molecular weight is 1230 g/mol. The van der Waals surface area contributed by atoms with Crippen LogP contribution in [0.2, 0.25) is 0 Å². The van der Waals surface area contributed by atoms with Gasteiger partial charge in [0.25, 0.3) is 0 Å². The van der Waals surface area contributed by atoms with Gasteiger partial charge in [0.05, 0.1) is 25.4 Å². The fraction of sp³-hybridized carbons (Fsp3) is 0.926. The molecular weight excluding hydrogens is 1070 g/mol. The van der Waals surface area contributed by atoms with Crippen LogP contribution in [-0.2, 0) is 14.3 Å². The number of carbonyl (C=O) groups excluding carboxylic acids is 2. The molecule has 0 saturated heterocycles. The lowest BCUT2D eigenvalue weighted by Gasteiger charge is -2.22. The first kappa shape index (κ1) is 85.3. The van der Waals surface area contributed by atoms with Gasteiger partial charge in [-0.2, -0.15) is 0 Å². The highest BCUT2D eigenvalue weighted by molar-refractivity contribution is 5.76. The van der Waals surface area contributed by atoms with Crippen LogP contribution in [0.5, 0.6) is 0 Å². The van der Waals surface area contributed by atoms with E-state index in [0.29, 0.717) is 25.9 Å². The molecule has 0 saturated carbocycles. The number of esters is 1. The van der Waals surface area contributed by atoms with Gasteiger partial charge in [-0.1, -0.05) is 411 Å². The Bertz CT molecular complexity index is 1360. The molecule has 0 aliphatic heterocycles. The number of hydrogen-bond acceptors (Lipinski definition) is 5. The van der Waals surface area contributed by atoms with Crippen molar-refractivity contribution in [3.05, 3.63) is 24.3 Å². The lowest BCUT2D eigenvalue weighted by atomic mass is 10.0. The van der Waals surface area contributed by atoms with Crippen LogP contribution in [0.15, 0.2) is 24.3 Å². The van der Waals surface area contributed by atoms with E-state index in [9.17, 15) is 19.8 Å². The lowest BCUT2D eigenvalue weighted by molar-refractivity contribution is -0.143. The predicted octanol–water partition coefficient (Wildman–Crippen LogP) is 26.4. The number of hydrogen-bond donors (Lipinski definition) is 3. The topological polar surface area (TPSA) is 95.9 Å². The number of aliphatic hydroxyl groups is 2. The van der Waals surface area contributed by atoms with Crippen molar-refractivity contribution in [1.82, 2.24) is 5.32 Å². The summed E-state index contributed by atoms with van der Waals surface area (Å²) in [6.07, 6.45) is 98.4. The van der Waals surface area contributed by atoms with Crippen LogP contribution in [-0.4, -0.2) is 47.4 Å². The Labute approximate surface area is 545 Å². The van der Waals surface area contributed by atoms with Crippen LogP contribution in [0.4, 0.5) is 0 Å². The second-order valence-electron chi connectivity index (χ2n) is 27.8. The summed E-state index contributed by atoms with van der Waals surface area (Å²) in [5, 5.41) is 23.4. The van der Waals surface area contributed by atoms with Gasteiger partial charge in [-0.15, -0.1) is 0 Å². The Morgan fingerprint density at radius 2 is 0.575 bits per heavy atom. The smallest absolute Gasteiger partial charge is 0.305 e. The number of aliphatic hydroxyl groups excluding tert-OH is 2. The molecule has 0 fully saturated rings. The molecule has 0 aliphatic rings. The average Bonchev–Trinajstić information content (AvgIpc) is 3.58. The quantitative estimate of drug-likeness (QED) is 0.0320. The summed E-state index contributed by atoms with van der Waals surface area (Å²) in [5.74, 6) is -0.00876. The summed E-state index contributed by atoms with van der Waals surface area (Å²) in [5.41, 5.74) is 0. The summed E-state index contributed by atoms with van der Waals surface area (Å²) in [6, 6.07) is -0.541. The van der Waals surface area contributed by atoms with E-state index in [1.54, 1.807) is 0 Å². The highest BCUT2D eigenvalue weighted by Gasteiger charge is 2.20. The Morgan fingerprint density at radius 1 is 0.322 bits per heavy atom. The van der Waals surface area contributed by atoms with Gasteiger partial charge in [0.2, 0.25) is 5.91 Å². The van der Waals surface area contributed by atoms with Crippen LogP contribution in [0.25, 0.3) is 0 Å². The first-order valence-corrected chi connectivity index (χ1v) is 40.1. The van der Waals surface area contributed by atoms with E-state index in [2.05, 4.69) is 43.5 Å². The van der Waals surface area contributed by atoms with Crippen LogP contribution in [0, 0.1) is 0 Å². The summed E-state index contributed by atoms with van der Waals surface area (Å²) >= 11 is 0. The standard InChI is InChI=1S/C81H157NO5/c1-3-5-7-9-11-13-15-17-19-21-22-38-42-45-49-53-57-61-65-69-73-79(84)78(77-83)82-80(85)74-70-66-62-58-54-50-46-43-39-36-34-32-30-28-26-24-23-25-27-29-31-33-35-37-40-44-48-52-56-60-64-68-72-76-87-81(86)75-71-67-63-59-55-51-47-41-20-18-16-14-12-10-8-6-4-2/h27,29,33,35,78-79,83-84H,3-26,28,30-32,34,36-77H2,1-2H3,(H,82,85)/b29-27-,35-33-. The fourth-order valence-electron chi connectivity index (χ4n) is 12.9. The molecule has 0 aromatic heterocycles. The third kappa shape index (κ3) is 73.3. The predicted molar refractivity (Wildman–Crippen MR) is 384 cm³/mol. The molecule has 0 spiro atoms. The minimum absolute atomic E-state index is 0.0192. The molecule has 0 heterocycles. The number of allylic oxidation sites excluding steroid dienone is 4. The molecule has 6 heteroatoms. The monoisotopic (exact) mass is 1220 g/mol. The molecule has 0 aromatic carbocycles. The van der Waals surface area contributed by atoms with Crippen molar-refractivity contribution in [2.24, 2.45) is 0 Å². The zero-order chi connectivity index (χ0) is 62.8. The molecule has 0 radical (unpaired) electrons. The van der Waals surface area contributed by atoms with Crippen LogP contribution < -0.4 is 5.32 Å². The normalized spacial score (nSPS) is 12.6. The van der Waals surface area contributed by atoms with Gasteiger partial charge in [0, 0.05) is 12.8 Å². The second kappa shape index (κ2) is 76.8. The molecule has 3 N–H and O–H groups in total. The first-order valence-electron chi connectivity index (χ1n) is 40.1. The second-order valence-corrected chi connectivity index (χ2v) is 27.8. The molecule has 2 atom stereocenters. The van der Waals surface area contributed by atoms with Gasteiger partial charge in [-0.3, -0.25) is 9.59 Å². The maximum absolute atomic E-state index is 12.6. The van der Waals surface area contributed by atoms with Crippen LogP contribution >= 0.6 is 0 Å². The van der Waals surface area contributed by atoms with E-state index in [4.69, 9.17) is 4.74 Å². The van der Waals surface area contributed by atoms with Crippen molar-refractivity contribution in [3.8, 4) is 0 Å². The van der Waals surface area contributed by atoms with E-state index in [-0.39, 0.29) is 18.5 Å². The molecule has 516 valence electrons. The van der Waals surface area contributed by atoms with Crippen molar-refractivity contribution < 1.29 is 24.5 Å². The van der Waals surface area contributed by atoms with Crippen molar-refractivity contribution in [2.45, 2.75) is 469 Å². The number of carbonyl (C=O) groups is 2. The van der Waals surface area contributed by atoms with E-state index in [1.165, 1.54) is 379 Å². The minimum Gasteiger partial charge on any atom is -0.466 e. The van der Waals surface area contributed by atoms with E-state index >= 15 is 0 Å². The molecule has 1 amide bonds. The molecule has 87 heavy (non-hydrogen) atoms. The number of nitrogens with one attached hydrogen (secondary N) is 1. The molecule has 0 aromatic rings. The summed E-state index contributed by atoms with van der Waals surface area (Å²) in [4.78, 5) is 24.7. The molecule has 0 rings (SSSR count). The van der Waals surface area contributed by atoms with Gasteiger partial charge < -0.3 is 20.3 Å². The van der Waals surface area contributed by atoms with E-state index in [1.807, 2.05) is 0 Å². The maximum atomic E-state index is 12.6. The van der Waals surface area contributed by atoms with Crippen LogP contribution in [0.3, 0.4) is 0 Å². The first-order chi connectivity index (χ1) is 43.0. The Kier molecular flexibility index (Phi) is 75.3. The van der Waals surface area contributed by atoms with Gasteiger partial charge in [-0.05, 0) is 57.8 Å². The van der Waals surface area contributed by atoms with E-state index in [0.717, 1.165) is 44.9 Å². The van der Waals surface area contributed by atoms with Gasteiger partial charge in [-0.25, -0.2) is 0 Å². The highest BCUT2D eigenvalue weighted by Crippen LogP contribution is 2.20. The van der Waals surface area contributed by atoms with E-state index < -0.39 is 12.1 Å². The molecule has 6 nitrogen and oxygen atoms in total. The van der Waals surface area contributed by atoms with Crippen LogP contribution in [0.1, 0.15) is 457 Å². The minimum atomic E-state index is -0.664. The van der Waals surface area contributed by atoms with Gasteiger partial charge in [0.15, 0.2) is 0 Å². The Hall–Kier alpha value is -1.66. The third-order valence-corrected chi connectivity index (χ3v) is 19.0. The number of ether oxygens (including phenoxy) is 1. The molecule has 0 bridgehead atoms. The Balaban J connectivity index is 3.36. The highest BCUT2D eigenvalue weighted by atomic mass is 16.5. The third-order valence-electron chi connectivity index (χ3n) is 19.0. The fourth-order valence-corrected chi connectivity index (χ4v) is 12.9. The van der Waals surface area contributed by atoms with Crippen molar-refractivity contribution in [1.29, 1.82) is 0 Å². The largest absolute Gasteiger partial charge is 0.466 e. The molecule has 0 aliphatic carbocycles. The van der Waals surface area contributed by atoms with Crippen molar-refractivity contribution in [2.75, 3.05) is 13.2 Å². The molecular formula is C81H157NO5. The molecule has 2 unspecified atom stereocenters. The summed E-state index contributed by atoms with van der Waals surface area (Å²) < 4.78 is 5.51. The van der Waals surface area contributed by atoms with Crippen molar-refractivity contribution in [3.63, 3.8) is 0 Å².